The number of aliphatic carboxylic acids is 1. The number of rotatable bonds is 2. The molecule has 3 nitrogen and oxygen atoms in total. The molecule has 5 heteroatoms. The van der Waals surface area contributed by atoms with Crippen LogP contribution in [-0.2, 0) is 4.79 Å². The summed E-state index contributed by atoms with van der Waals surface area (Å²) >= 11 is 5.61. The van der Waals surface area contributed by atoms with Gasteiger partial charge >= 0.3 is 5.97 Å². The molecule has 17 heavy (non-hydrogen) atoms. The highest BCUT2D eigenvalue weighted by Gasteiger charge is 2.40. The maximum absolute atomic E-state index is 13.3. The monoisotopic (exact) mass is 257 g/mol. The Kier molecular flexibility index (Phi) is 3.00. The highest BCUT2D eigenvalue weighted by atomic mass is 35.5. The summed E-state index contributed by atoms with van der Waals surface area (Å²) in [7, 11) is 0. The van der Waals surface area contributed by atoms with Gasteiger partial charge in [-0.15, -0.1) is 0 Å². The van der Waals surface area contributed by atoms with E-state index in [0.717, 1.165) is 0 Å². The molecule has 1 aliphatic heterocycles. The Labute approximate surface area is 104 Å². The zero-order valence-electron chi connectivity index (χ0n) is 9.41. The fourth-order valence-corrected chi connectivity index (χ4v) is 2.16. The molecule has 1 heterocycles. The van der Waals surface area contributed by atoms with Gasteiger partial charge in [-0.3, -0.25) is 4.79 Å². The third-order valence-electron chi connectivity index (χ3n) is 3.26. The molecule has 1 fully saturated rings. The number of carboxylic acids is 1. The molecule has 1 aromatic carbocycles. The number of anilines is 1. The standard InChI is InChI=1S/C12H13ClFNO2/c1-12(11(16)17)4-5-15(7-12)8-2-3-9(13)10(14)6-8/h2-3,6H,4-5,7H2,1H3,(H,16,17)/t12-/m0/s1. The zero-order chi connectivity index (χ0) is 12.6. The van der Waals surface area contributed by atoms with Crippen LogP contribution in [0.2, 0.25) is 5.02 Å². The molecule has 0 bridgehead atoms. The Morgan fingerprint density at radius 1 is 1.59 bits per heavy atom. The quantitative estimate of drug-likeness (QED) is 0.886. The molecule has 1 aromatic rings. The fourth-order valence-electron chi connectivity index (χ4n) is 2.04. The van der Waals surface area contributed by atoms with E-state index in [4.69, 9.17) is 16.7 Å². The van der Waals surface area contributed by atoms with Crippen LogP contribution in [-0.4, -0.2) is 24.2 Å². The number of carboxylic acid groups (broad SMARTS) is 1. The molecule has 0 saturated carbocycles. The van der Waals surface area contributed by atoms with Crippen LogP contribution in [0.1, 0.15) is 13.3 Å². The molecular weight excluding hydrogens is 245 g/mol. The highest BCUT2D eigenvalue weighted by Crippen LogP contribution is 2.34. The molecule has 0 unspecified atom stereocenters. The largest absolute Gasteiger partial charge is 0.481 e. The SMILES string of the molecule is C[C@]1(C(=O)O)CCN(c2ccc(Cl)c(F)c2)C1. The number of carbonyl (C=O) groups is 1. The van der Waals surface area contributed by atoms with Crippen molar-refractivity contribution in [2.75, 3.05) is 18.0 Å². The number of benzene rings is 1. The van der Waals surface area contributed by atoms with Gasteiger partial charge in [0.15, 0.2) is 0 Å². The molecule has 0 aliphatic carbocycles. The van der Waals surface area contributed by atoms with E-state index in [1.165, 1.54) is 12.1 Å². The van der Waals surface area contributed by atoms with Gasteiger partial charge in [0.05, 0.1) is 10.4 Å². The Hall–Kier alpha value is -1.29. The topological polar surface area (TPSA) is 40.5 Å². The number of nitrogens with zero attached hydrogens (tertiary/aromatic N) is 1. The van der Waals surface area contributed by atoms with E-state index in [1.807, 2.05) is 4.90 Å². The van der Waals surface area contributed by atoms with Gasteiger partial charge in [0.25, 0.3) is 0 Å². The molecule has 1 saturated heterocycles. The zero-order valence-corrected chi connectivity index (χ0v) is 10.2. The first kappa shape index (κ1) is 12.2. The van der Waals surface area contributed by atoms with E-state index in [0.29, 0.717) is 25.2 Å². The normalized spacial score (nSPS) is 24.1. The lowest BCUT2D eigenvalue weighted by atomic mass is 9.90. The molecule has 1 N–H and O–H groups in total. The first-order valence-corrected chi connectivity index (χ1v) is 5.73. The Morgan fingerprint density at radius 3 is 2.82 bits per heavy atom. The average Bonchev–Trinajstić information content (AvgIpc) is 2.67. The van der Waals surface area contributed by atoms with Crippen molar-refractivity contribution in [2.45, 2.75) is 13.3 Å². The molecule has 0 radical (unpaired) electrons. The van der Waals surface area contributed by atoms with Crippen LogP contribution in [0.25, 0.3) is 0 Å². The summed E-state index contributed by atoms with van der Waals surface area (Å²) in [6.45, 7) is 2.72. The summed E-state index contributed by atoms with van der Waals surface area (Å²) in [5, 5.41) is 9.19. The second-order valence-corrected chi connectivity index (χ2v) is 5.04. The van der Waals surface area contributed by atoms with E-state index in [1.54, 1.807) is 13.0 Å². The van der Waals surface area contributed by atoms with Crippen LogP contribution in [0.4, 0.5) is 10.1 Å². The predicted molar refractivity (Wildman–Crippen MR) is 64.0 cm³/mol. The summed E-state index contributed by atoms with van der Waals surface area (Å²) < 4.78 is 13.3. The van der Waals surface area contributed by atoms with Gasteiger partial charge in [0.2, 0.25) is 0 Å². The van der Waals surface area contributed by atoms with E-state index in [2.05, 4.69) is 0 Å². The van der Waals surface area contributed by atoms with Crippen LogP contribution in [0.3, 0.4) is 0 Å². The van der Waals surface area contributed by atoms with Gasteiger partial charge in [-0.05, 0) is 31.5 Å². The predicted octanol–water partition coefficient (Wildman–Crippen LogP) is 2.78. The van der Waals surface area contributed by atoms with Gasteiger partial charge in [0.1, 0.15) is 5.82 Å². The van der Waals surface area contributed by atoms with Crippen molar-refractivity contribution in [3.05, 3.63) is 29.0 Å². The summed E-state index contributed by atoms with van der Waals surface area (Å²) in [5.41, 5.74) is -0.0762. The maximum Gasteiger partial charge on any atom is 0.311 e. The fraction of sp³-hybridized carbons (Fsp3) is 0.417. The van der Waals surface area contributed by atoms with Gasteiger partial charge in [-0.25, -0.2) is 4.39 Å². The number of hydrogen-bond acceptors (Lipinski definition) is 2. The molecule has 0 aromatic heterocycles. The summed E-state index contributed by atoms with van der Waals surface area (Å²) in [5.74, 6) is -1.29. The number of halogens is 2. The second kappa shape index (κ2) is 4.18. The number of hydrogen-bond donors (Lipinski definition) is 1. The second-order valence-electron chi connectivity index (χ2n) is 4.64. The van der Waals surface area contributed by atoms with Crippen molar-refractivity contribution in [1.29, 1.82) is 0 Å². The minimum atomic E-state index is -0.811. The molecular formula is C12H13ClFNO2. The van der Waals surface area contributed by atoms with E-state index in [9.17, 15) is 9.18 Å². The van der Waals surface area contributed by atoms with Crippen LogP contribution < -0.4 is 4.90 Å². The Morgan fingerprint density at radius 2 is 2.29 bits per heavy atom. The molecule has 0 amide bonds. The van der Waals surface area contributed by atoms with Crippen LogP contribution >= 0.6 is 11.6 Å². The summed E-state index contributed by atoms with van der Waals surface area (Å²) in [6.07, 6.45) is 0.562. The van der Waals surface area contributed by atoms with Crippen LogP contribution in [0, 0.1) is 11.2 Å². The maximum atomic E-state index is 13.3. The molecule has 1 aliphatic rings. The van der Waals surface area contributed by atoms with Crippen molar-refractivity contribution >= 4 is 23.3 Å². The average molecular weight is 258 g/mol. The lowest BCUT2D eigenvalue weighted by molar-refractivity contribution is -0.146. The highest BCUT2D eigenvalue weighted by molar-refractivity contribution is 6.30. The Balaban J connectivity index is 2.21. The van der Waals surface area contributed by atoms with Crippen molar-refractivity contribution in [3.8, 4) is 0 Å². The van der Waals surface area contributed by atoms with Crippen molar-refractivity contribution in [1.82, 2.24) is 0 Å². The molecule has 0 spiro atoms. The first-order chi connectivity index (χ1) is 7.92. The lowest BCUT2D eigenvalue weighted by Crippen LogP contribution is -2.31. The van der Waals surface area contributed by atoms with E-state index in [-0.39, 0.29) is 5.02 Å². The van der Waals surface area contributed by atoms with Crippen molar-refractivity contribution < 1.29 is 14.3 Å². The Bertz CT molecular complexity index is 466. The summed E-state index contributed by atoms with van der Waals surface area (Å²) in [6, 6.07) is 4.54. The first-order valence-electron chi connectivity index (χ1n) is 5.36. The smallest absolute Gasteiger partial charge is 0.311 e. The van der Waals surface area contributed by atoms with E-state index < -0.39 is 17.2 Å². The minimum absolute atomic E-state index is 0.0777. The summed E-state index contributed by atoms with van der Waals surface area (Å²) in [4.78, 5) is 13.0. The van der Waals surface area contributed by atoms with Crippen molar-refractivity contribution in [2.24, 2.45) is 5.41 Å². The van der Waals surface area contributed by atoms with E-state index >= 15 is 0 Å². The molecule has 2 rings (SSSR count). The lowest BCUT2D eigenvalue weighted by Gasteiger charge is -2.21. The van der Waals surface area contributed by atoms with Gasteiger partial charge in [-0.2, -0.15) is 0 Å². The van der Waals surface area contributed by atoms with Crippen LogP contribution in [0.15, 0.2) is 18.2 Å². The van der Waals surface area contributed by atoms with Crippen molar-refractivity contribution in [3.63, 3.8) is 0 Å². The third kappa shape index (κ3) is 2.22. The van der Waals surface area contributed by atoms with Gasteiger partial charge in [-0.1, -0.05) is 11.6 Å². The molecule has 92 valence electrons. The van der Waals surface area contributed by atoms with Gasteiger partial charge in [0, 0.05) is 18.8 Å². The van der Waals surface area contributed by atoms with Gasteiger partial charge < -0.3 is 10.0 Å². The minimum Gasteiger partial charge on any atom is -0.481 e. The molecule has 1 atom stereocenters. The third-order valence-corrected chi connectivity index (χ3v) is 3.56. The van der Waals surface area contributed by atoms with Crippen LogP contribution in [0.5, 0.6) is 0 Å².